The fourth-order valence-electron chi connectivity index (χ4n) is 2.02. The molecule has 0 heterocycles. The molecule has 0 fully saturated rings. The summed E-state index contributed by atoms with van der Waals surface area (Å²) in [6, 6.07) is 5.22. The van der Waals surface area contributed by atoms with Gasteiger partial charge in [0.1, 0.15) is 0 Å². The smallest absolute Gasteiger partial charge is 0.307 e. The number of carbonyl (C=O) groups excluding carboxylic acids is 3. The highest BCUT2D eigenvalue weighted by Gasteiger charge is 2.14. The second kappa shape index (κ2) is 8.32. The zero-order valence-electron chi connectivity index (χ0n) is 13.6. The van der Waals surface area contributed by atoms with Crippen molar-refractivity contribution in [2.75, 3.05) is 7.11 Å². The van der Waals surface area contributed by atoms with Crippen LogP contribution in [0.1, 0.15) is 47.7 Å². The molecule has 5 nitrogen and oxygen atoms in total. The average Bonchev–Trinajstić information content (AvgIpc) is 2.47. The van der Waals surface area contributed by atoms with Crippen LogP contribution in [-0.2, 0) is 14.3 Å². The van der Waals surface area contributed by atoms with Crippen molar-refractivity contribution >= 4 is 17.7 Å². The lowest BCUT2D eigenvalue weighted by Crippen LogP contribution is -2.34. The minimum absolute atomic E-state index is 0.0566. The van der Waals surface area contributed by atoms with E-state index in [0.29, 0.717) is 5.56 Å². The number of Topliss-reactive ketones (excluding diaryl/α,β-unsaturated/α-hetero) is 1. The minimum atomic E-state index is -0.376. The van der Waals surface area contributed by atoms with Crippen molar-refractivity contribution in [3.8, 4) is 0 Å². The summed E-state index contributed by atoms with van der Waals surface area (Å²) in [6.45, 7) is 5.66. The maximum absolute atomic E-state index is 12.1. The van der Waals surface area contributed by atoms with Crippen molar-refractivity contribution in [3.05, 3.63) is 34.9 Å². The van der Waals surface area contributed by atoms with Crippen molar-refractivity contribution in [1.29, 1.82) is 0 Å². The largest absolute Gasteiger partial charge is 0.469 e. The Bertz CT molecular complexity index is 566. The first-order chi connectivity index (χ1) is 10.3. The molecule has 22 heavy (non-hydrogen) atoms. The molecule has 1 rings (SSSR count). The van der Waals surface area contributed by atoms with Crippen LogP contribution >= 0.6 is 0 Å². The third-order valence-electron chi connectivity index (χ3n) is 3.52. The van der Waals surface area contributed by atoms with E-state index in [0.717, 1.165) is 11.1 Å². The Balaban J connectivity index is 2.44. The number of esters is 1. The molecule has 1 N–H and O–H groups in total. The van der Waals surface area contributed by atoms with Gasteiger partial charge in [-0.2, -0.15) is 0 Å². The van der Waals surface area contributed by atoms with Gasteiger partial charge in [-0.25, -0.2) is 0 Å². The van der Waals surface area contributed by atoms with Gasteiger partial charge in [-0.3, -0.25) is 14.4 Å². The van der Waals surface area contributed by atoms with Crippen LogP contribution in [0.25, 0.3) is 0 Å². The van der Waals surface area contributed by atoms with Gasteiger partial charge in [-0.1, -0.05) is 12.1 Å². The van der Waals surface area contributed by atoms with Crippen molar-refractivity contribution in [3.63, 3.8) is 0 Å². The van der Waals surface area contributed by atoms with Gasteiger partial charge in [-0.05, 0) is 38.0 Å². The van der Waals surface area contributed by atoms with Crippen molar-refractivity contribution < 1.29 is 19.1 Å². The maximum atomic E-state index is 12.1. The first-order valence-corrected chi connectivity index (χ1v) is 7.30. The Kier molecular flexibility index (Phi) is 6.76. The molecular formula is C17H23NO4. The predicted octanol–water partition coefficient (Wildman–Crippen LogP) is 2.33. The molecule has 1 amide bonds. The molecule has 1 aromatic rings. The molecule has 120 valence electrons. The van der Waals surface area contributed by atoms with Gasteiger partial charge in [-0.15, -0.1) is 0 Å². The summed E-state index contributed by atoms with van der Waals surface area (Å²) in [5.41, 5.74) is 2.81. The van der Waals surface area contributed by atoms with Crippen LogP contribution in [0, 0.1) is 13.8 Å². The fourth-order valence-corrected chi connectivity index (χ4v) is 2.02. The molecule has 0 aromatic heterocycles. The SMILES string of the molecule is COC(=O)CC(C)NC(=O)CCC(=O)c1ccc(C)c(C)c1. The maximum Gasteiger partial charge on any atom is 0.307 e. The predicted molar refractivity (Wildman–Crippen MR) is 83.7 cm³/mol. The van der Waals surface area contributed by atoms with Crippen molar-refractivity contribution in [2.45, 2.75) is 46.1 Å². The molecule has 5 heteroatoms. The highest BCUT2D eigenvalue weighted by Crippen LogP contribution is 2.12. The van der Waals surface area contributed by atoms with E-state index >= 15 is 0 Å². The molecule has 0 spiro atoms. The van der Waals surface area contributed by atoms with E-state index in [4.69, 9.17) is 0 Å². The standard InChI is InChI=1S/C17H23NO4/c1-11-5-6-14(9-12(11)2)15(19)7-8-16(20)18-13(3)10-17(21)22-4/h5-6,9,13H,7-8,10H2,1-4H3,(H,18,20). The number of ether oxygens (including phenoxy) is 1. The number of carbonyl (C=O) groups is 3. The van der Waals surface area contributed by atoms with Gasteiger partial charge in [0, 0.05) is 24.4 Å². The lowest BCUT2D eigenvalue weighted by molar-refractivity contribution is -0.141. The summed E-state index contributed by atoms with van der Waals surface area (Å²) in [4.78, 5) is 34.9. The van der Waals surface area contributed by atoms with Crippen molar-refractivity contribution in [1.82, 2.24) is 5.32 Å². The van der Waals surface area contributed by atoms with Gasteiger partial charge < -0.3 is 10.1 Å². The zero-order valence-corrected chi connectivity index (χ0v) is 13.6. The third kappa shape index (κ3) is 5.68. The molecule has 0 saturated heterocycles. The van der Waals surface area contributed by atoms with E-state index < -0.39 is 0 Å². The average molecular weight is 305 g/mol. The topological polar surface area (TPSA) is 72.5 Å². The van der Waals surface area contributed by atoms with Crippen LogP contribution < -0.4 is 5.32 Å². The molecule has 1 atom stereocenters. The molecule has 0 aliphatic rings. The Morgan fingerprint density at radius 1 is 1.14 bits per heavy atom. The number of nitrogens with one attached hydrogen (secondary N) is 1. The highest BCUT2D eigenvalue weighted by molar-refractivity contribution is 5.98. The Morgan fingerprint density at radius 3 is 2.41 bits per heavy atom. The molecular weight excluding hydrogens is 282 g/mol. The number of amides is 1. The molecule has 0 aliphatic heterocycles. The molecule has 0 bridgehead atoms. The van der Waals surface area contributed by atoms with E-state index in [9.17, 15) is 14.4 Å². The summed E-state index contributed by atoms with van der Waals surface area (Å²) in [6.07, 6.45) is 0.379. The van der Waals surface area contributed by atoms with E-state index in [1.807, 2.05) is 26.0 Å². The number of hydrogen-bond acceptors (Lipinski definition) is 4. The van der Waals surface area contributed by atoms with Gasteiger partial charge in [0.05, 0.1) is 13.5 Å². The van der Waals surface area contributed by atoms with Gasteiger partial charge in [0.25, 0.3) is 0 Å². The monoisotopic (exact) mass is 305 g/mol. The van der Waals surface area contributed by atoms with Gasteiger partial charge in [0.2, 0.25) is 5.91 Å². The summed E-state index contributed by atoms with van der Waals surface area (Å²) >= 11 is 0. The van der Waals surface area contributed by atoms with E-state index in [1.165, 1.54) is 7.11 Å². The normalized spacial score (nSPS) is 11.6. The summed E-state index contributed by atoms with van der Waals surface area (Å²) < 4.78 is 4.53. The lowest BCUT2D eigenvalue weighted by atomic mass is 10.0. The number of benzene rings is 1. The van der Waals surface area contributed by atoms with Crippen molar-refractivity contribution in [2.24, 2.45) is 0 Å². The number of aryl methyl sites for hydroxylation is 2. The Hall–Kier alpha value is -2.17. The van der Waals surface area contributed by atoms with E-state index in [1.54, 1.807) is 13.0 Å². The second-order valence-electron chi connectivity index (χ2n) is 5.47. The first kappa shape index (κ1) is 17.9. The molecule has 0 radical (unpaired) electrons. The Labute approximate surface area is 131 Å². The summed E-state index contributed by atoms with van der Waals surface area (Å²) in [5, 5.41) is 2.68. The Morgan fingerprint density at radius 2 is 1.82 bits per heavy atom. The first-order valence-electron chi connectivity index (χ1n) is 7.30. The number of methoxy groups -OCH3 is 1. The second-order valence-corrected chi connectivity index (χ2v) is 5.47. The molecule has 0 aliphatic carbocycles. The zero-order chi connectivity index (χ0) is 16.7. The van der Waals surface area contributed by atoms with Crippen LogP contribution in [0.3, 0.4) is 0 Å². The number of hydrogen-bond donors (Lipinski definition) is 1. The quantitative estimate of drug-likeness (QED) is 0.620. The van der Waals surface area contributed by atoms with E-state index in [2.05, 4.69) is 10.1 Å². The molecule has 0 saturated carbocycles. The number of rotatable bonds is 7. The number of ketones is 1. The minimum Gasteiger partial charge on any atom is -0.469 e. The van der Waals surface area contributed by atoms with Crippen LogP contribution in [0.15, 0.2) is 18.2 Å². The third-order valence-corrected chi connectivity index (χ3v) is 3.52. The highest BCUT2D eigenvalue weighted by atomic mass is 16.5. The van der Waals surface area contributed by atoms with Crippen LogP contribution in [-0.4, -0.2) is 30.8 Å². The molecule has 1 unspecified atom stereocenters. The van der Waals surface area contributed by atoms with Crippen LogP contribution in [0.5, 0.6) is 0 Å². The lowest BCUT2D eigenvalue weighted by Gasteiger charge is -2.12. The summed E-state index contributed by atoms with van der Waals surface area (Å²) in [7, 11) is 1.30. The summed E-state index contributed by atoms with van der Waals surface area (Å²) in [5.74, 6) is -0.675. The fraction of sp³-hybridized carbons (Fsp3) is 0.471. The van der Waals surface area contributed by atoms with E-state index in [-0.39, 0.29) is 43.0 Å². The van der Waals surface area contributed by atoms with Crippen LogP contribution in [0.2, 0.25) is 0 Å². The van der Waals surface area contributed by atoms with Gasteiger partial charge >= 0.3 is 5.97 Å². The molecule has 1 aromatic carbocycles. The van der Waals surface area contributed by atoms with Crippen LogP contribution in [0.4, 0.5) is 0 Å². The van der Waals surface area contributed by atoms with Gasteiger partial charge in [0.15, 0.2) is 5.78 Å².